The average molecular weight is 439 g/mol. The third-order valence-electron chi connectivity index (χ3n) is 5.44. The number of nitrogens with one attached hydrogen (secondary N) is 1. The number of benzene rings is 1. The Balaban J connectivity index is 1.81. The molecule has 3 rings (SSSR count). The van der Waals surface area contributed by atoms with Gasteiger partial charge >= 0.3 is 12.2 Å². The van der Waals surface area contributed by atoms with Crippen molar-refractivity contribution in [2.75, 3.05) is 24.5 Å². The van der Waals surface area contributed by atoms with Crippen LogP contribution in [0.1, 0.15) is 24.8 Å². The van der Waals surface area contributed by atoms with Crippen molar-refractivity contribution in [2.45, 2.75) is 31.5 Å². The van der Waals surface area contributed by atoms with Crippen LogP contribution in [0, 0.1) is 5.92 Å². The second-order valence-corrected chi connectivity index (χ2v) is 7.59. The van der Waals surface area contributed by atoms with Gasteiger partial charge in [0.25, 0.3) is 5.91 Å². The molecule has 1 aromatic rings. The van der Waals surface area contributed by atoms with Gasteiger partial charge in [-0.1, -0.05) is 18.2 Å². The highest BCUT2D eigenvalue weighted by atomic mass is 19.4. The van der Waals surface area contributed by atoms with E-state index in [9.17, 15) is 27.9 Å². The number of urea groups is 1. The van der Waals surface area contributed by atoms with Crippen molar-refractivity contribution >= 4 is 17.6 Å². The maximum absolute atomic E-state index is 13.2. The zero-order valence-electron chi connectivity index (χ0n) is 16.7. The summed E-state index contributed by atoms with van der Waals surface area (Å²) < 4.78 is 38.8. The number of anilines is 1. The van der Waals surface area contributed by atoms with Gasteiger partial charge in [0.05, 0.1) is 24.1 Å². The number of piperidine rings is 1. The number of aliphatic hydroxyl groups excluding tert-OH is 1. The Morgan fingerprint density at radius 1 is 1.16 bits per heavy atom. The maximum atomic E-state index is 13.2. The zero-order chi connectivity index (χ0) is 22.6. The Kier molecular flexibility index (Phi) is 7.01. The molecule has 1 aliphatic heterocycles. The van der Waals surface area contributed by atoms with Gasteiger partial charge in [0.15, 0.2) is 0 Å². The molecule has 1 heterocycles. The SMILES string of the molecule is O=C(NO)C1C=CC(CN(C(=O)N2CCC(O)CC2)c2ccc(C(F)(F)F)cc2)=CC1. The van der Waals surface area contributed by atoms with E-state index < -0.39 is 29.7 Å². The number of carbonyl (C=O) groups is 2. The van der Waals surface area contributed by atoms with Crippen molar-refractivity contribution < 1.29 is 33.1 Å². The Hall–Kier alpha value is -2.85. The van der Waals surface area contributed by atoms with Crippen LogP contribution in [-0.4, -0.2) is 52.9 Å². The van der Waals surface area contributed by atoms with Gasteiger partial charge in [-0.05, 0) is 49.1 Å². The summed E-state index contributed by atoms with van der Waals surface area (Å²) in [6.07, 6.45) is 1.27. The second kappa shape index (κ2) is 9.52. The van der Waals surface area contributed by atoms with Crippen LogP contribution in [0.2, 0.25) is 0 Å². The normalized spacial score (nSPS) is 19.7. The molecular weight excluding hydrogens is 415 g/mol. The highest BCUT2D eigenvalue weighted by Gasteiger charge is 2.31. The van der Waals surface area contributed by atoms with E-state index in [0.717, 1.165) is 12.1 Å². The molecule has 31 heavy (non-hydrogen) atoms. The van der Waals surface area contributed by atoms with Crippen LogP contribution in [0.25, 0.3) is 0 Å². The number of rotatable bonds is 4. The van der Waals surface area contributed by atoms with Crippen LogP contribution in [0.15, 0.2) is 48.1 Å². The molecule has 10 heteroatoms. The van der Waals surface area contributed by atoms with E-state index in [4.69, 9.17) is 5.21 Å². The third-order valence-corrected chi connectivity index (χ3v) is 5.44. The minimum atomic E-state index is -4.48. The third kappa shape index (κ3) is 5.65. The van der Waals surface area contributed by atoms with Gasteiger partial charge in [-0.15, -0.1) is 0 Å². The van der Waals surface area contributed by atoms with Crippen LogP contribution in [0.5, 0.6) is 0 Å². The van der Waals surface area contributed by atoms with Crippen molar-refractivity contribution in [1.29, 1.82) is 0 Å². The lowest BCUT2D eigenvalue weighted by molar-refractivity contribution is -0.137. The lowest BCUT2D eigenvalue weighted by Gasteiger charge is -2.35. The van der Waals surface area contributed by atoms with E-state index in [1.165, 1.54) is 17.0 Å². The molecule has 0 saturated carbocycles. The molecule has 168 valence electrons. The number of nitrogens with zero attached hydrogens (tertiary/aromatic N) is 2. The molecule has 1 fully saturated rings. The van der Waals surface area contributed by atoms with Crippen LogP contribution < -0.4 is 10.4 Å². The number of alkyl halides is 3. The van der Waals surface area contributed by atoms with Gasteiger partial charge in [-0.25, -0.2) is 10.3 Å². The standard InChI is InChI=1S/C21H24F3N3O4/c22-21(23,24)16-5-7-17(8-6-16)27(20(30)26-11-9-18(28)10-12-26)13-14-1-3-15(4-2-14)19(29)25-31/h1-3,5-8,15,18,28,31H,4,9-13H2,(H,25,29). The van der Waals surface area contributed by atoms with E-state index in [1.807, 2.05) is 0 Å². The smallest absolute Gasteiger partial charge is 0.393 e. The number of aliphatic hydroxyl groups is 1. The topological polar surface area (TPSA) is 93.1 Å². The molecule has 0 aromatic heterocycles. The molecule has 3 amide bonds. The van der Waals surface area contributed by atoms with E-state index >= 15 is 0 Å². The minimum Gasteiger partial charge on any atom is -0.393 e. The summed E-state index contributed by atoms with van der Waals surface area (Å²) in [5, 5.41) is 18.4. The largest absolute Gasteiger partial charge is 0.416 e. The molecule has 1 aliphatic carbocycles. The van der Waals surface area contributed by atoms with Gasteiger partial charge in [0.1, 0.15) is 0 Å². The summed E-state index contributed by atoms with van der Waals surface area (Å²) >= 11 is 0. The number of amides is 3. The highest BCUT2D eigenvalue weighted by molar-refractivity contribution is 5.92. The van der Waals surface area contributed by atoms with Crippen molar-refractivity contribution in [3.8, 4) is 0 Å². The summed E-state index contributed by atoms with van der Waals surface area (Å²) in [7, 11) is 0. The van der Waals surface area contributed by atoms with Gasteiger partial charge in [-0.2, -0.15) is 13.2 Å². The first-order chi connectivity index (χ1) is 14.7. The van der Waals surface area contributed by atoms with E-state index in [1.54, 1.807) is 28.6 Å². The lowest BCUT2D eigenvalue weighted by atomic mass is 9.96. The Labute approximate surface area is 177 Å². The molecule has 1 atom stereocenters. The number of allylic oxidation sites excluding steroid dienone is 1. The van der Waals surface area contributed by atoms with Gasteiger partial charge in [0, 0.05) is 18.8 Å². The predicted octanol–water partition coefficient (Wildman–Crippen LogP) is 3.10. The fourth-order valence-corrected chi connectivity index (χ4v) is 3.57. The summed E-state index contributed by atoms with van der Waals surface area (Å²) in [6.45, 7) is 0.808. The molecular formula is C21H24F3N3O4. The monoisotopic (exact) mass is 439 g/mol. The summed E-state index contributed by atoms with van der Waals surface area (Å²) in [5.74, 6) is -1.08. The maximum Gasteiger partial charge on any atom is 0.416 e. The summed E-state index contributed by atoms with van der Waals surface area (Å²) in [6, 6.07) is 4.02. The summed E-state index contributed by atoms with van der Waals surface area (Å²) in [4.78, 5) is 27.7. The number of likely N-dealkylation sites (tertiary alicyclic amines) is 1. The Morgan fingerprint density at radius 3 is 2.32 bits per heavy atom. The van der Waals surface area contributed by atoms with E-state index in [-0.39, 0.29) is 12.6 Å². The molecule has 1 aromatic carbocycles. The van der Waals surface area contributed by atoms with E-state index in [2.05, 4.69) is 0 Å². The molecule has 2 aliphatic rings. The molecule has 0 radical (unpaired) electrons. The first-order valence-electron chi connectivity index (χ1n) is 9.92. The van der Waals surface area contributed by atoms with E-state index in [0.29, 0.717) is 43.6 Å². The average Bonchev–Trinajstić information content (AvgIpc) is 2.77. The second-order valence-electron chi connectivity index (χ2n) is 7.59. The van der Waals surface area contributed by atoms with Crippen molar-refractivity contribution in [3.05, 3.63) is 53.6 Å². The summed E-state index contributed by atoms with van der Waals surface area (Å²) in [5.41, 5.74) is 1.82. The first-order valence-corrected chi connectivity index (χ1v) is 9.92. The van der Waals surface area contributed by atoms with Crippen molar-refractivity contribution in [1.82, 2.24) is 10.4 Å². The van der Waals surface area contributed by atoms with Gasteiger partial charge < -0.3 is 10.0 Å². The fourth-order valence-electron chi connectivity index (χ4n) is 3.57. The zero-order valence-corrected chi connectivity index (χ0v) is 16.7. The van der Waals surface area contributed by atoms with Crippen molar-refractivity contribution in [3.63, 3.8) is 0 Å². The molecule has 7 nitrogen and oxygen atoms in total. The molecule has 0 bridgehead atoms. The minimum absolute atomic E-state index is 0.104. The van der Waals surface area contributed by atoms with Gasteiger partial charge in [0.2, 0.25) is 0 Å². The first kappa shape index (κ1) is 22.8. The van der Waals surface area contributed by atoms with Crippen molar-refractivity contribution in [2.24, 2.45) is 5.92 Å². The number of hydrogen-bond donors (Lipinski definition) is 3. The number of hydroxylamine groups is 1. The Bertz CT molecular complexity index is 860. The molecule has 0 spiro atoms. The van der Waals surface area contributed by atoms with Crippen LogP contribution in [-0.2, 0) is 11.0 Å². The lowest BCUT2D eigenvalue weighted by Crippen LogP contribution is -2.48. The predicted molar refractivity (Wildman–Crippen MR) is 106 cm³/mol. The quantitative estimate of drug-likeness (QED) is 0.497. The number of carbonyl (C=O) groups excluding carboxylic acids is 2. The number of halogens is 3. The number of hydrogen-bond acceptors (Lipinski definition) is 4. The molecule has 1 unspecified atom stereocenters. The van der Waals surface area contributed by atoms with Crippen LogP contribution in [0.3, 0.4) is 0 Å². The molecule has 1 saturated heterocycles. The Morgan fingerprint density at radius 2 is 1.81 bits per heavy atom. The van der Waals surface area contributed by atoms with Gasteiger partial charge in [-0.3, -0.25) is 14.9 Å². The highest BCUT2D eigenvalue weighted by Crippen LogP contribution is 2.31. The fraction of sp³-hybridized carbons (Fsp3) is 0.429. The van der Waals surface area contributed by atoms with Crippen LogP contribution >= 0.6 is 0 Å². The van der Waals surface area contributed by atoms with Crippen LogP contribution in [0.4, 0.5) is 23.7 Å². The molecule has 3 N–H and O–H groups in total.